The standard InChI is InChI=1S/C4H6N3/c5-3-1-2-4(6)7-3/h5-6H,1-2H2. The summed E-state index contributed by atoms with van der Waals surface area (Å²) in [4.78, 5) is 0. The van der Waals surface area contributed by atoms with Gasteiger partial charge in [0.05, 0.1) is 0 Å². The van der Waals surface area contributed by atoms with E-state index in [-0.39, 0.29) is 0 Å². The highest BCUT2D eigenvalue weighted by molar-refractivity contribution is 6.03. The number of hydrogen-bond acceptors (Lipinski definition) is 2. The maximum absolute atomic E-state index is 6.87. The Hall–Kier alpha value is -0.860. The summed E-state index contributed by atoms with van der Waals surface area (Å²) in [5.74, 6) is 0.704. The van der Waals surface area contributed by atoms with Crippen LogP contribution in [0.3, 0.4) is 0 Å². The van der Waals surface area contributed by atoms with E-state index < -0.39 is 0 Å². The van der Waals surface area contributed by atoms with Gasteiger partial charge in [0.1, 0.15) is 11.7 Å². The lowest BCUT2D eigenvalue weighted by atomic mass is 10.4. The molecule has 0 aromatic rings. The second-order valence-electron chi connectivity index (χ2n) is 1.51. The molecule has 3 heteroatoms. The fraction of sp³-hybridized carbons (Fsp3) is 0.500. The summed E-state index contributed by atoms with van der Waals surface area (Å²) in [7, 11) is 0. The van der Waals surface area contributed by atoms with Gasteiger partial charge >= 0.3 is 0 Å². The van der Waals surface area contributed by atoms with Gasteiger partial charge in [-0.15, -0.1) is 0 Å². The molecule has 1 aliphatic heterocycles. The van der Waals surface area contributed by atoms with Crippen LogP contribution in [0.25, 0.3) is 0 Å². The van der Waals surface area contributed by atoms with Crippen molar-refractivity contribution in [2.45, 2.75) is 12.8 Å². The highest BCUT2D eigenvalue weighted by Crippen LogP contribution is 1.99. The van der Waals surface area contributed by atoms with Gasteiger partial charge < -0.3 is 0 Å². The second kappa shape index (κ2) is 1.33. The maximum atomic E-state index is 6.87. The molecule has 0 amide bonds. The monoisotopic (exact) mass is 96.1 g/mol. The molecule has 3 nitrogen and oxygen atoms in total. The smallest absolute Gasteiger partial charge is 0.123 e. The summed E-state index contributed by atoms with van der Waals surface area (Å²) in [6.07, 6.45) is 1.33. The number of rotatable bonds is 0. The minimum atomic E-state index is 0.352. The molecule has 1 heterocycles. The molecule has 0 saturated carbocycles. The van der Waals surface area contributed by atoms with Crippen LogP contribution in [-0.2, 0) is 0 Å². The highest BCUT2D eigenvalue weighted by atomic mass is 15.0. The van der Waals surface area contributed by atoms with Gasteiger partial charge in [0.15, 0.2) is 0 Å². The number of amidine groups is 2. The van der Waals surface area contributed by atoms with Gasteiger partial charge in [0.2, 0.25) is 0 Å². The molecular weight excluding hydrogens is 90.1 g/mol. The van der Waals surface area contributed by atoms with Gasteiger partial charge in [-0.3, -0.25) is 10.8 Å². The summed E-state index contributed by atoms with van der Waals surface area (Å²) < 4.78 is 0. The average molecular weight is 96.1 g/mol. The summed E-state index contributed by atoms with van der Waals surface area (Å²) in [6, 6.07) is 0. The zero-order valence-electron chi connectivity index (χ0n) is 3.86. The van der Waals surface area contributed by atoms with Crippen molar-refractivity contribution < 1.29 is 0 Å². The van der Waals surface area contributed by atoms with Gasteiger partial charge in [-0.1, -0.05) is 0 Å². The van der Waals surface area contributed by atoms with Gasteiger partial charge in [-0.25, -0.2) is 5.32 Å². The van der Waals surface area contributed by atoms with E-state index in [1.54, 1.807) is 0 Å². The summed E-state index contributed by atoms with van der Waals surface area (Å²) in [5, 5.41) is 17.3. The van der Waals surface area contributed by atoms with Crippen LogP contribution in [0.15, 0.2) is 0 Å². The first-order valence-corrected chi connectivity index (χ1v) is 2.15. The Morgan fingerprint density at radius 1 is 1.14 bits per heavy atom. The molecule has 1 aliphatic rings. The van der Waals surface area contributed by atoms with Crippen LogP contribution in [0.4, 0.5) is 0 Å². The molecule has 0 atom stereocenters. The van der Waals surface area contributed by atoms with E-state index in [9.17, 15) is 0 Å². The Kier molecular flexibility index (Phi) is 0.817. The number of nitrogens with one attached hydrogen (secondary N) is 2. The van der Waals surface area contributed by atoms with E-state index in [2.05, 4.69) is 5.32 Å². The quantitative estimate of drug-likeness (QED) is 0.437. The van der Waals surface area contributed by atoms with E-state index >= 15 is 0 Å². The lowest BCUT2D eigenvalue weighted by Gasteiger charge is -1.81. The Morgan fingerprint density at radius 3 is 1.71 bits per heavy atom. The molecule has 0 aromatic carbocycles. The van der Waals surface area contributed by atoms with Crippen LogP contribution in [0, 0.1) is 10.8 Å². The van der Waals surface area contributed by atoms with E-state index in [0.29, 0.717) is 24.5 Å². The Balaban J connectivity index is 2.55. The first-order valence-electron chi connectivity index (χ1n) is 2.15. The lowest BCUT2D eigenvalue weighted by Crippen LogP contribution is -2.07. The average Bonchev–Trinajstić information content (AvgIpc) is 1.87. The molecule has 0 bridgehead atoms. The van der Waals surface area contributed by atoms with Crippen molar-refractivity contribution in [1.82, 2.24) is 5.32 Å². The lowest BCUT2D eigenvalue weighted by molar-refractivity contribution is 1.17. The summed E-state index contributed by atoms with van der Waals surface area (Å²) >= 11 is 0. The normalized spacial score (nSPS) is 20.0. The van der Waals surface area contributed by atoms with E-state index in [4.69, 9.17) is 10.8 Å². The molecule has 7 heavy (non-hydrogen) atoms. The van der Waals surface area contributed by atoms with Crippen molar-refractivity contribution in [3.8, 4) is 0 Å². The molecule has 37 valence electrons. The fourth-order valence-corrected chi connectivity index (χ4v) is 0.512. The molecule has 1 rings (SSSR count). The van der Waals surface area contributed by atoms with E-state index in [1.165, 1.54) is 0 Å². The number of nitrogens with zero attached hydrogens (tertiary/aromatic N) is 1. The predicted octanol–water partition coefficient (Wildman–Crippen LogP) is 0.339. The van der Waals surface area contributed by atoms with Gasteiger partial charge in [-0.2, -0.15) is 0 Å². The molecule has 1 saturated heterocycles. The molecule has 2 N–H and O–H groups in total. The second-order valence-corrected chi connectivity index (χ2v) is 1.51. The molecule has 0 spiro atoms. The zero-order chi connectivity index (χ0) is 5.28. The van der Waals surface area contributed by atoms with Crippen molar-refractivity contribution in [1.29, 1.82) is 10.8 Å². The molecule has 1 radical (unpaired) electrons. The van der Waals surface area contributed by atoms with Crippen LogP contribution in [0.2, 0.25) is 0 Å². The van der Waals surface area contributed by atoms with Crippen molar-refractivity contribution in [3.05, 3.63) is 0 Å². The van der Waals surface area contributed by atoms with Crippen molar-refractivity contribution in [3.63, 3.8) is 0 Å². The molecular formula is C4H6N3. The highest BCUT2D eigenvalue weighted by Gasteiger charge is 2.11. The van der Waals surface area contributed by atoms with Crippen LogP contribution >= 0.6 is 0 Å². The van der Waals surface area contributed by atoms with Crippen molar-refractivity contribution >= 4 is 11.7 Å². The van der Waals surface area contributed by atoms with Crippen molar-refractivity contribution in [2.75, 3.05) is 0 Å². The molecule has 0 aromatic heterocycles. The molecule has 1 fully saturated rings. The minimum absolute atomic E-state index is 0.352. The first kappa shape index (κ1) is 4.30. The Labute approximate surface area is 41.7 Å². The van der Waals surface area contributed by atoms with E-state index in [1.807, 2.05) is 0 Å². The summed E-state index contributed by atoms with van der Waals surface area (Å²) in [5.41, 5.74) is 0. The Bertz CT molecular complexity index is 102. The largest absolute Gasteiger partial charge is 0.287 e. The fourth-order valence-electron chi connectivity index (χ4n) is 0.512. The molecule has 0 unspecified atom stereocenters. The van der Waals surface area contributed by atoms with Crippen LogP contribution in [0.1, 0.15) is 12.8 Å². The Morgan fingerprint density at radius 2 is 1.57 bits per heavy atom. The summed E-state index contributed by atoms with van der Waals surface area (Å²) in [6.45, 7) is 0. The predicted molar refractivity (Wildman–Crippen MR) is 26.8 cm³/mol. The molecule has 0 aliphatic carbocycles. The maximum Gasteiger partial charge on any atom is 0.123 e. The number of hydrogen-bond donors (Lipinski definition) is 2. The van der Waals surface area contributed by atoms with Crippen LogP contribution in [0.5, 0.6) is 0 Å². The topological polar surface area (TPSA) is 61.8 Å². The third-order valence-electron chi connectivity index (χ3n) is 0.869. The first-order chi connectivity index (χ1) is 3.29. The van der Waals surface area contributed by atoms with E-state index in [0.717, 1.165) is 0 Å². The van der Waals surface area contributed by atoms with Gasteiger partial charge in [0.25, 0.3) is 0 Å². The van der Waals surface area contributed by atoms with Gasteiger partial charge in [-0.05, 0) is 0 Å². The SMILES string of the molecule is N=C1CCC(=N)[N]1. The minimum Gasteiger partial charge on any atom is -0.287 e. The zero-order valence-corrected chi connectivity index (χ0v) is 3.86. The van der Waals surface area contributed by atoms with Crippen LogP contribution < -0.4 is 5.32 Å². The van der Waals surface area contributed by atoms with Crippen molar-refractivity contribution in [2.24, 2.45) is 0 Å². The van der Waals surface area contributed by atoms with Gasteiger partial charge in [0, 0.05) is 12.8 Å². The third kappa shape index (κ3) is 0.765. The third-order valence-corrected chi connectivity index (χ3v) is 0.869. The van der Waals surface area contributed by atoms with Crippen LogP contribution in [-0.4, -0.2) is 11.7 Å².